The van der Waals surface area contributed by atoms with Gasteiger partial charge >= 0.3 is 0 Å². The first-order valence-electron chi connectivity index (χ1n) is 7.03. The number of rotatable bonds is 3. The van der Waals surface area contributed by atoms with Gasteiger partial charge in [0.15, 0.2) is 0 Å². The van der Waals surface area contributed by atoms with Gasteiger partial charge in [-0.2, -0.15) is 0 Å². The monoisotopic (exact) mass is 295 g/mol. The molecule has 2 aromatic heterocycles. The molecule has 22 heavy (non-hydrogen) atoms. The van der Waals surface area contributed by atoms with Gasteiger partial charge in [0.05, 0.1) is 7.11 Å². The zero-order valence-corrected chi connectivity index (χ0v) is 13.0. The fourth-order valence-corrected chi connectivity index (χ4v) is 2.81. The molecule has 0 radical (unpaired) electrons. The highest BCUT2D eigenvalue weighted by Gasteiger charge is 2.19. The first-order chi connectivity index (χ1) is 10.5. The van der Waals surface area contributed by atoms with Gasteiger partial charge in [0.2, 0.25) is 5.82 Å². The van der Waals surface area contributed by atoms with Gasteiger partial charge in [0, 0.05) is 11.8 Å². The van der Waals surface area contributed by atoms with Crippen LogP contribution in [0.3, 0.4) is 0 Å². The maximum atomic E-state index is 11.4. The third-order valence-corrected chi connectivity index (χ3v) is 3.71. The van der Waals surface area contributed by atoms with Crippen molar-refractivity contribution in [2.45, 2.75) is 20.8 Å². The average Bonchev–Trinajstić information content (AvgIpc) is 2.84. The summed E-state index contributed by atoms with van der Waals surface area (Å²) in [7, 11) is 1.62. The number of pyridine rings is 1. The van der Waals surface area contributed by atoms with Gasteiger partial charge in [-0.05, 0) is 54.8 Å². The molecule has 5 heteroatoms. The first-order valence-corrected chi connectivity index (χ1v) is 7.03. The molecule has 0 saturated carbocycles. The van der Waals surface area contributed by atoms with Gasteiger partial charge in [-0.3, -0.25) is 4.40 Å². The molecule has 0 aliphatic heterocycles. The molecule has 5 nitrogen and oxygen atoms in total. The van der Waals surface area contributed by atoms with Gasteiger partial charge in [-0.1, -0.05) is 12.1 Å². The molecule has 0 aliphatic rings. The van der Waals surface area contributed by atoms with E-state index in [1.165, 1.54) is 0 Å². The third-order valence-electron chi connectivity index (χ3n) is 3.71. The lowest BCUT2D eigenvalue weighted by atomic mass is 10.0. The molecule has 0 saturated heterocycles. The van der Waals surface area contributed by atoms with E-state index in [1.54, 1.807) is 11.5 Å². The molecular weight excluding hydrogens is 278 g/mol. The summed E-state index contributed by atoms with van der Waals surface area (Å²) in [6.07, 6.45) is 1.86. The lowest BCUT2D eigenvalue weighted by Crippen LogP contribution is -1.93. The Labute approximate surface area is 128 Å². The van der Waals surface area contributed by atoms with Crippen molar-refractivity contribution >= 4 is 11.5 Å². The lowest BCUT2D eigenvalue weighted by Gasteiger charge is -2.11. The van der Waals surface area contributed by atoms with Crippen molar-refractivity contribution in [2.24, 2.45) is 5.18 Å². The predicted octanol–water partition coefficient (Wildman–Crippen LogP) is 4.33. The second kappa shape index (κ2) is 5.26. The zero-order valence-electron chi connectivity index (χ0n) is 13.0. The van der Waals surface area contributed by atoms with E-state index in [9.17, 15) is 4.91 Å². The van der Waals surface area contributed by atoms with Crippen LogP contribution in [-0.2, 0) is 0 Å². The summed E-state index contributed by atoms with van der Waals surface area (Å²) in [6, 6.07) is 7.84. The number of aromatic nitrogens is 2. The summed E-state index contributed by atoms with van der Waals surface area (Å²) in [5.41, 5.74) is 5.14. The normalized spacial score (nSPS) is 10.9. The zero-order chi connectivity index (χ0) is 15.9. The molecule has 112 valence electrons. The fourth-order valence-electron chi connectivity index (χ4n) is 2.81. The highest BCUT2D eigenvalue weighted by molar-refractivity contribution is 5.80. The Kier molecular flexibility index (Phi) is 3.41. The third kappa shape index (κ3) is 2.15. The van der Waals surface area contributed by atoms with Crippen molar-refractivity contribution in [3.63, 3.8) is 0 Å². The minimum Gasteiger partial charge on any atom is -0.496 e. The average molecular weight is 295 g/mol. The maximum absolute atomic E-state index is 11.4. The van der Waals surface area contributed by atoms with E-state index in [0.717, 1.165) is 28.0 Å². The second-order valence-corrected chi connectivity index (χ2v) is 5.47. The number of aryl methyl sites for hydroxylation is 3. The summed E-state index contributed by atoms with van der Waals surface area (Å²) in [4.78, 5) is 16.0. The van der Waals surface area contributed by atoms with E-state index in [4.69, 9.17) is 4.74 Å². The number of methoxy groups -OCH3 is 1. The lowest BCUT2D eigenvalue weighted by molar-refractivity contribution is 0.413. The smallest absolute Gasteiger partial charge is 0.209 e. The van der Waals surface area contributed by atoms with Crippen LogP contribution in [0, 0.1) is 25.7 Å². The van der Waals surface area contributed by atoms with Crippen molar-refractivity contribution in [1.82, 2.24) is 9.38 Å². The standard InChI is InChI=1S/C17H17N3O2/c1-10-5-6-14-18-15(17(19-21)20(14)9-10)13-8-11(2)7-12(3)16(13)22-4/h5-9H,1-4H3. The summed E-state index contributed by atoms with van der Waals surface area (Å²) < 4.78 is 7.23. The Morgan fingerprint density at radius 3 is 2.59 bits per heavy atom. The number of hydrogen-bond acceptors (Lipinski definition) is 4. The molecule has 0 spiro atoms. The van der Waals surface area contributed by atoms with Crippen LogP contribution in [0.25, 0.3) is 16.9 Å². The van der Waals surface area contributed by atoms with Crippen molar-refractivity contribution in [3.8, 4) is 17.0 Å². The van der Waals surface area contributed by atoms with E-state index in [2.05, 4.69) is 10.2 Å². The molecule has 0 atom stereocenters. The summed E-state index contributed by atoms with van der Waals surface area (Å²) in [5.74, 6) is 1.01. The quantitative estimate of drug-likeness (QED) is 0.676. The number of nitrogens with zero attached hydrogens (tertiary/aromatic N) is 3. The van der Waals surface area contributed by atoms with Crippen molar-refractivity contribution < 1.29 is 4.74 Å². The molecule has 0 N–H and O–H groups in total. The maximum Gasteiger partial charge on any atom is 0.209 e. The van der Waals surface area contributed by atoms with Crippen LogP contribution in [0.4, 0.5) is 5.82 Å². The number of fused-ring (bicyclic) bond motifs is 1. The first kappa shape index (κ1) is 14.3. The molecule has 0 amide bonds. The van der Waals surface area contributed by atoms with Gasteiger partial charge in [-0.15, -0.1) is 4.91 Å². The summed E-state index contributed by atoms with van der Waals surface area (Å²) in [5, 5.41) is 3.21. The molecular formula is C17H17N3O2. The van der Waals surface area contributed by atoms with Crippen LogP contribution < -0.4 is 4.74 Å². The van der Waals surface area contributed by atoms with Crippen LogP contribution in [0.15, 0.2) is 35.6 Å². The van der Waals surface area contributed by atoms with Crippen LogP contribution in [0.5, 0.6) is 5.75 Å². The number of imidazole rings is 1. The molecule has 3 rings (SSSR count). The molecule has 0 bridgehead atoms. The van der Waals surface area contributed by atoms with Gasteiger partial charge in [0.1, 0.15) is 17.1 Å². The van der Waals surface area contributed by atoms with Crippen molar-refractivity contribution in [3.05, 3.63) is 52.1 Å². The van der Waals surface area contributed by atoms with E-state index in [-0.39, 0.29) is 0 Å². The Balaban J connectivity index is 2.38. The largest absolute Gasteiger partial charge is 0.496 e. The molecule has 3 aromatic rings. The summed E-state index contributed by atoms with van der Waals surface area (Å²) in [6.45, 7) is 5.94. The topological polar surface area (TPSA) is 56.0 Å². The number of ether oxygens (including phenoxy) is 1. The Morgan fingerprint density at radius 1 is 1.14 bits per heavy atom. The van der Waals surface area contributed by atoms with Gasteiger partial charge < -0.3 is 4.74 Å². The number of benzene rings is 1. The highest BCUT2D eigenvalue weighted by atomic mass is 16.5. The number of nitroso groups, excluding NO2 is 1. The van der Waals surface area contributed by atoms with Crippen LogP contribution in [-0.4, -0.2) is 16.5 Å². The Bertz CT molecular complexity index is 881. The highest BCUT2D eigenvalue weighted by Crippen LogP contribution is 2.39. The Morgan fingerprint density at radius 2 is 1.91 bits per heavy atom. The van der Waals surface area contributed by atoms with E-state index >= 15 is 0 Å². The molecule has 0 unspecified atom stereocenters. The molecule has 2 heterocycles. The van der Waals surface area contributed by atoms with Gasteiger partial charge in [-0.25, -0.2) is 4.98 Å². The van der Waals surface area contributed by atoms with Gasteiger partial charge in [0.25, 0.3) is 0 Å². The molecule has 0 fully saturated rings. The fraction of sp³-hybridized carbons (Fsp3) is 0.235. The van der Waals surface area contributed by atoms with Crippen LogP contribution >= 0.6 is 0 Å². The van der Waals surface area contributed by atoms with E-state index < -0.39 is 0 Å². The molecule has 0 aliphatic carbocycles. The van der Waals surface area contributed by atoms with Crippen LogP contribution in [0.1, 0.15) is 16.7 Å². The SMILES string of the molecule is COc1c(C)cc(C)cc1-c1nc2ccc(C)cn2c1N=O. The summed E-state index contributed by atoms with van der Waals surface area (Å²) >= 11 is 0. The van der Waals surface area contributed by atoms with Crippen LogP contribution in [0.2, 0.25) is 0 Å². The predicted molar refractivity (Wildman–Crippen MR) is 86.8 cm³/mol. The van der Waals surface area contributed by atoms with E-state index in [0.29, 0.717) is 17.2 Å². The number of hydrogen-bond donors (Lipinski definition) is 0. The molecule has 1 aromatic carbocycles. The second-order valence-electron chi connectivity index (χ2n) is 5.47. The van der Waals surface area contributed by atoms with E-state index in [1.807, 2.05) is 51.2 Å². The minimum absolute atomic E-state index is 0.294. The van der Waals surface area contributed by atoms with Crippen molar-refractivity contribution in [1.29, 1.82) is 0 Å². The Hall–Kier alpha value is -2.69. The van der Waals surface area contributed by atoms with Crippen molar-refractivity contribution in [2.75, 3.05) is 7.11 Å². The minimum atomic E-state index is 0.294.